The van der Waals surface area contributed by atoms with Crippen LogP contribution in [0, 0.1) is 0 Å². The molecule has 25 heavy (non-hydrogen) atoms. The molecular formula is C20H23N3O2. The van der Waals surface area contributed by atoms with Crippen molar-refractivity contribution in [1.29, 1.82) is 0 Å². The molecule has 130 valence electrons. The lowest BCUT2D eigenvalue weighted by Gasteiger charge is -2.21. The molecule has 0 atom stereocenters. The van der Waals surface area contributed by atoms with E-state index in [0.717, 1.165) is 17.1 Å². The van der Waals surface area contributed by atoms with Gasteiger partial charge in [-0.2, -0.15) is 0 Å². The number of hydrogen-bond donors (Lipinski definition) is 0. The van der Waals surface area contributed by atoms with Crippen LogP contribution in [0.25, 0.3) is 5.65 Å². The van der Waals surface area contributed by atoms with Gasteiger partial charge >= 0.3 is 0 Å². The van der Waals surface area contributed by atoms with Crippen molar-refractivity contribution in [2.45, 2.75) is 33.4 Å². The van der Waals surface area contributed by atoms with Gasteiger partial charge in [0.15, 0.2) is 0 Å². The largest absolute Gasteiger partial charge is 0.491 e. The Morgan fingerprint density at radius 1 is 1.20 bits per heavy atom. The second-order valence-electron chi connectivity index (χ2n) is 6.19. The zero-order valence-corrected chi connectivity index (χ0v) is 14.8. The zero-order chi connectivity index (χ0) is 17.8. The summed E-state index contributed by atoms with van der Waals surface area (Å²) in [4.78, 5) is 19.0. The Balaban J connectivity index is 1.77. The molecule has 0 unspecified atom stereocenters. The van der Waals surface area contributed by atoms with Gasteiger partial charge in [-0.15, -0.1) is 0 Å². The monoisotopic (exact) mass is 337 g/mol. The number of hydrogen-bond acceptors (Lipinski definition) is 3. The molecule has 0 saturated carbocycles. The van der Waals surface area contributed by atoms with Crippen LogP contribution in [0.3, 0.4) is 0 Å². The quantitative estimate of drug-likeness (QED) is 0.687. The topological polar surface area (TPSA) is 46.8 Å². The number of amides is 1. The van der Waals surface area contributed by atoms with Crippen LogP contribution in [-0.2, 0) is 6.54 Å². The van der Waals surface area contributed by atoms with Crippen LogP contribution >= 0.6 is 0 Å². The highest BCUT2D eigenvalue weighted by molar-refractivity contribution is 5.94. The van der Waals surface area contributed by atoms with Crippen molar-refractivity contribution >= 4 is 11.6 Å². The molecular weight excluding hydrogens is 314 g/mol. The summed E-state index contributed by atoms with van der Waals surface area (Å²) in [6.45, 7) is 7.09. The summed E-state index contributed by atoms with van der Waals surface area (Å²) in [5, 5.41) is 0. The van der Waals surface area contributed by atoms with Crippen LogP contribution in [0.1, 0.15) is 36.8 Å². The van der Waals surface area contributed by atoms with E-state index in [1.54, 1.807) is 0 Å². The highest BCUT2D eigenvalue weighted by Crippen LogP contribution is 2.17. The van der Waals surface area contributed by atoms with Gasteiger partial charge in [0.05, 0.1) is 24.5 Å². The average molecular weight is 337 g/mol. The lowest BCUT2D eigenvalue weighted by molar-refractivity contribution is 0.0750. The number of carbonyl (C=O) groups excluding carboxylic acids is 1. The molecule has 5 heteroatoms. The molecule has 0 aliphatic carbocycles. The maximum Gasteiger partial charge on any atom is 0.254 e. The maximum absolute atomic E-state index is 12.8. The number of nitrogens with zero attached hydrogens (tertiary/aromatic N) is 3. The Morgan fingerprint density at radius 2 is 1.96 bits per heavy atom. The minimum atomic E-state index is 0.00415. The van der Waals surface area contributed by atoms with Crippen LogP contribution in [0.4, 0.5) is 0 Å². The molecule has 5 nitrogen and oxygen atoms in total. The normalized spacial score (nSPS) is 11.0. The molecule has 1 aromatic carbocycles. The SMILES string of the molecule is CCN(Cc1cnc2ccccn12)C(=O)c1ccc(OC(C)C)cc1. The molecule has 2 heterocycles. The number of ether oxygens (including phenoxy) is 1. The molecule has 0 aliphatic heterocycles. The first-order valence-electron chi connectivity index (χ1n) is 8.55. The second kappa shape index (κ2) is 7.38. The van der Waals surface area contributed by atoms with Crippen LogP contribution < -0.4 is 4.74 Å². The van der Waals surface area contributed by atoms with Gasteiger partial charge < -0.3 is 14.0 Å². The highest BCUT2D eigenvalue weighted by atomic mass is 16.5. The number of benzene rings is 1. The van der Waals surface area contributed by atoms with Crippen LogP contribution in [0.5, 0.6) is 5.75 Å². The number of rotatable bonds is 6. The van der Waals surface area contributed by atoms with Crippen molar-refractivity contribution in [1.82, 2.24) is 14.3 Å². The summed E-state index contributed by atoms with van der Waals surface area (Å²) < 4.78 is 7.64. The third-order valence-electron chi connectivity index (χ3n) is 3.99. The predicted octanol–water partition coefficient (Wildman–Crippen LogP) is 3.78. The van der Waals surface area contributed by atoms with Crippen molar-refractivity contribution in [3.63, 3.8) is 0 Å². The van der Waals surface area contributed by atoms with Gasteiger partial charge in [-0.25, -0.2) is 4.98 Å². The Hall–Kier alpha value is -2.82. The number of pyridine rings is 1. The number of fused-ring (bicyclic) bond motifs is 1. The number of aromatic nitrogens is 2. The highest BCUT2D eigenvalue weighted by Gasteiger charge is 2.16. The predicted molar refractivity (Wildman–Crippen MR) is 97.8 cm³/mol. The van der Waals surface area contributed by atoms with E-state index in [-0.39, 0.29) is 12.0 Å². The van der Waals surface area contributed by atoms with Crippen molar-refractivity contribution in [2.75, 3.05) is 6.54 Å². The van der Waals surface area contributed by atoms with Gasteiger partial charge in [0.25, 0.3) is 5.91 Å². The van der Waals surface area contributed by atoms with E-state index in [4.69, 9.17) is 4.74 Å². The third-order valence-corrected chi connectivity index (χ3v) is 3.99. The van der Waals surface area contributed by atoms with Crippen molar-refractivity contribution in [3.8, 4) is 5.75 Å². The first-order valence-corrected chi connectivity index (χ1v) is 8.55. The molecule has 3 rings (SSSR count). The van der Waals surface area contributed by atoms with Crippen molar-refractivity contribution < 1.29 is 9.53 Å². The summed E-state index contributed by atoms with van der Waals surface area (Å²) in [5.41, 5.74) is 2.54. The smallest absolute Gasteiger partial charge is 0.254 e. The lowest BCUT2D eigenvalue weighted by Crippen LogP contribution is -2.30. The first-order chi connectivity index (χ1) is 12.1. The fraction of sp³-hybridized carbons (Fsp3) is 0.300. The van der Waals surface area contributed by atoms with E-state index >= 15 is 0 Å². The first kappa shape index (κ1) is 17.0. The summed E-state index contributed by atoms with van der Waals surface area (Å²) in [7, 11) is 0. The Kier molecular flexibility index (Phi) is 5.03. The summed E-state index contributed by atoms with van der Waals surface area (Å²) in [5.74, 6) is 0.779. The van der Waals surface area contributed by atoms with E-state index in [2.05, 4.69) is 4.98 Å². The fourth-order valence-corrected chi connectivity index (χ4v) is 2.76. The van der Waals surface area contributed by atoms with E-state index in [1.165, 1.54) is 0 Å². The van der Waals surface area contributed by atoms with Gasteiger partial charge in [-0.1, -0.05) is 6.07 Å². The molecule has 2 aromatic heterocycles. The van der Waals surface area contributed by atoms with Crippen molar-refractivity contribution in [2.24, 2.45) is 0 Å². The van der Waals surface area contributed by atoms with E-state index in [9.17, 15) is 4.79 Å². The minimum Gasteiger partial charge on any atom is -0.491 e. The van der Waals surface area contributed by atoms with E-state index in [0.29, 0.717) is 18.7 Å². The molecule has 0 N–H and O–H groups in total. The lowest BCUT2D eigenvalue weighted by atomic mass is 10.2. The van der Waals surface area contributed by atoms with Gasteiger partial charge in [0.2, 0.25) is 0 Å². The Bertz CT molecular complexity index is 853. The number of imidazole rings is 1. The van der Waals surface area contributed by atoms with Gasteiger partial charge in [-0.3, -0.25) is 4.79 Å². The zero-order valence-electron chi connectivity index (χ0n) is 14.8. The van der Waals surface area contributed by atoms with E-state index in [1.807, 2.05) is 84.9 Å². The van der Waals surface area contributed by atoms with E-state index < -0.39 is 0 Å². The van der Waals surface area contributed by atoms with Crippen LogP contribution in [-0.4, -0.2) is 32.8 Å². The summed E-state index contributed by atoms with van der Waals surface area (Å²) >= 11 is 0. The molecule has 3 aromatic rings. The minimum absolute atomic E-state index is 0.00415. The molecule has 0 fully saturated rings. The maximum atomic E-state index is 12.8. The molecule has 0 spiro atoms. The Labute approximate surface area is 147 Å². The summed E-state index contributed by atoms with van der Waals surface area (Å²) in [6.07, 6.45) is 3.91. The van der Waals surface area contributed by atoms with Gasteiger partial charge in [-0.05, 0) is 57.2 Å². The third kappa shape index (κ3) is 3.82. The molecule has 1 amide bonds. The standard InChI is InChI=1S/C20H23N3O2/c1-4-22(14-17-13-21-19-7-5-6-12-23(17)19)20(24)16-8-10-18(11-9-16)25-15(2)3/h5-13,15H,4,14H2,1-3H3. The molecule has 0 radical (unpaired) electrons. The van der Waals surface area contributed by atoms with Crippen LogP contribution in [0.15, 0.2) is 54.9 Å². The summed E-state index contributed by atoms with van der Waals surface area (Å²) in [6, 6.07) is 13.2. The Morgan fingerprint density at radius 3 is 2.64 bits per heavy atom. The average Bonchev–Trinajstić information content (AvgIpc) is 3.02. The van der Waals surface area contributed by atoms with Gasteiger partial charge in [0.1, 0.15) is 11.4 Å². The molecule has 0 bridgehead atoms. The second-order valence-corrected chi connectivity index (χ2v) is 6.19. The fourth-order valence-electron chi connectivity index (χ4n) is 2.76. The molecule has 0 saturated heterocycles. The van der Waals surface area contributed by atoms with Crippen molar-refractivity contribution in [3.05, 3.63) is 66.1 Å². The molecule has 0 aliphatic rings. The van der Waals surface area contributed by atoms with Gasteiger partial charge in [0, 0.05) is 18.3 Å². The van der Waals surface area contributed by atoms with Crippen LogP contribution in [0.2, 0.25) is 0 Å². The number of carbonyl (C=O) groups is 1.